The maximum Gasteiger partial charge on any atom is 0.246 e. The largest absolute Gasteiger partial charge is 0.507 e. The van der Waals surface area contributed by atoms with Gasteiger partial charge in [-0.15, -0.1) is 21.5 Å². The molecule has 0 unspecified atom stereocenters. The molecule has 2 aromatic carbocycles. The van der Waals surface area contributed by atoms with E-state index in [1.165, 1.54) is 24.2 Å². The summed E-state index contributed by atoms with van der Waals surface area (Å²) in [7, 11) is 0. The molecule has 5 aromatic rings. The summed E-state index contributed by atoms with van der Waals surface area (Å²) in [6, 6.07) is 15.2. The smallest absolute Gasteiger partial charge is 0.246 e. The van der Waals surface area contributed by atoms with Crippen LogP contribution < -0.4 is 16.4 Å². The lowest BCUT2D eigenvalue weighted by molar-refractivity contribution is -0.144. The fourth-order valence-electron chi connectivity index (χ4n) is 9.23. The average molecular weight is 933 g/mol. The van der Waals surface area contributed by atoms with E-state index in [4.69, 9.17) is 5.73 Å². The van der Waals surface area contributed by atoms with Crippen molar-refractivity contribution in [2.24, 2.45) is 11.3 Å². The second-order valence-corrected chi connectivity index (χ2v) is 20.3. The molecule has 2 aliphatic heterocycles. The zero-order chi connectivity index (χ0) is 47.5. The van der Waals surface area contributed by atoms with E-state index in [9.17, 15) is 24.6 Å². The zero-order valence-corrected chi connectivity index (χ0v) is 40.3. The highest BCUT2D eigenvalue weighted by Gasteiger charge is 2.44. The molecular weight excluding hydrogens is 865 g/mol. The van der Waals surface area contributed by atoms with Crippen molar-refractivity contribution in [3.63, 3.8) is 0 Å². The number of nitrogens with one attached hydrogen (secondary N) is 2. The van der Waals surface area contributed by atoms with Crippen molar-refractivity contribution >= 4 is 34.9 Å². The van der Waals surface area contributed by atoms with E-state index < -0.39 is 23.6 Å². The molecule has 0 bridgehead atoms. The van der Waals surface area contributed by atoms with Crippen LogP contribution in [0.1, 0.15) is 103 Å². The highest BCUT2D eigenvalue weighted by molar-refractivity contribution is 7.13. The number of anilines is 1. The molecule has 2 saturated heterocycles. The van der Waals surface area contributed by atoms with Gasteiger partial charge in [0.15, 0.2) is 5.82 Å². The van der Waals surface area contributed by atoms with Crippen LogP contribution in [0.2, 0.25) is 0 Å². The number of aryl methyl sites for hydroxylation is 1. The maximum absolute atomic E-state index is 14.0. The fourth-order valence-corrected chi connectivity index (χ4v) is 10.0. The summed E-state index contributed by atoms with van der Waals surface area (Å²) in [4.78, 5) is 50.1. The number of benzene rings is 2. The molecule has 67 heavy (non-hydrogen) atoms. The predicted octanol–water partition coefficient (Wildman–Crippen LogP) is 7.37. The number of β-amino-alcohol motifs (C(OH)–C–C–N with tert-alkyl or cyclic N) is 1. The standard InChI is InChI=1S/C51H68N10O5S/c1-34-46(67-33-54-34)37-19-17-35(18-20-37)28-53-49(65)43-26-39(62)32-61(43)50(66)47(51(2,3)4)56-45(64)16-10-8-6-5-7-9-13-23-59-24-21-36(22-25-59)30-60-31-38(29-55-60)41-27-42(57-58-48(41)52)40-14-11-12-15-44(40)63/h11-12,14-15,17-20,27,29,31,33,36,39,43,47,62-63H,5-10,13,16,21-26,28,30,32H2,1-4H3,(H2,52,58)(H,53,65)(H,56,64)/t39-,43+,47-/m1/s1. The van der Waals surface area contributed by atoms with Crippen molar-refractivity contribution in [1.82, 2.24) is 45.4 Å². The van der Waals surface area contributed by atoms with Gasteiger partial charge in [0.1, 0.15) is 17.8 Å². The Hall–Kier alpha value is -5.71. The summed E-state index contributed by atoms with van der Waals surface area (Å²) in [6.07, 6.45) is 13.2. The molecule has 7 rings (SSSR count). The molecular formula is C51H68N10O5S. The molecule has 3 aromatic heterocycles. The zero-order valence-electron chi connectivity index (χ0n) is 39.5. The number of aliphatic hydroxyl groups excluding tert-OH is 1. The minimum absolute atomic E-state index is 0.0459. The lowest BCUT2D eigenvalue weighted by Crippen LogP contribution is -2.57. The first-order valence-electron chi connectivity index (χ1n) is 23.9. The number of aromatic nitrogens is 5. The summed E-state index contributed by atoms with van der Waals surface area (Å²) < 4.78 is 2.00. The van der Waals surface area contributed by atoms with Crippen molar-refractivity contribution in [2.45, 2.75) is 130 Å². The van der Waals surface area contributed by atoms with Crippen LogP contribution in [0.25, 0.3) is 32.8 Å². The van der Waals surface area contributed by atoms with Crippen LogP contribution in [0.3, 0.4) is 0 Å². The lowest BCUT2D eigenvalue weighted by Gasteiger charge is -2.35. The Balaban J connectivity index is 0.755. The summed E-state index contributed by atoms with van der Waals surface area (Å²) in [5, 5.41) is 39.8. The molecule has 358 valence electrons. The van der Waals surface area contributed by atoms with Crippen LogP contribution in [-0.4, -0.2) is 107 Å². The van der Waals surface area contributed by atoms with Crippen molar-refractivity contribution in [3.05, 3.63) is 83.8 Å². The van der Waals surface area contributed by atoms with Crippen molar-refractivity contribution in [3.8, 4) is 38.6 Å². The lowest BCUT2D eigenvalue weighted by atomic mass is 9.85. The van der Waals surface area contributed by atoms with Crippen molar-refractivity contribution in [1.29, 1.82) is 0 Å². The van der Waals surface area contributed by atoms with E-state index in [1.807, 2.05) is 86.7 Å². The third kappa shape index (κ3) is 13.3. The first kappa shape index (κ1) is 49.2. The minimum Gasteiger partial charge on any atom is -0.507 e. The van der Waals surface area contributed by atoms with E-state index in [2.05, 4.69) is 35.8 Å². The summed E-state index contributed by atoms with van der Waals surface area (Å²) >= 11 is 1.59. The van der Waals surface area contributed by atoms with Crippen LogP contribution in [-0.2, 0) is 27.5 Å². The first-order valence-corrected chi connectivity index (χ1v) is 24.8. The number of hydrogen-bond acceptors (Lipinski definition) is 12. The number of nitrogen functional groups attached to an aromatic ring is 1. The monoisotopic (exact) mass is 933 g/mol. The van der Waals surface area contributed by atoms with Crippen LogP contribution in [0.4, 0.5) is 5.82 Å². The van der Waals surface area contributed by atoms with Crippen molar-refractivity contribution < 1.29 is 24.6 Å². The molecule has 3 amide bonds. The number of unbranched alkanes of at least 4 members (excludes halogenated alkanes) is 6. The number of carbonyl (C=O) groups excluding carboxylic acids is 3. The Kier molecular flexibility index (Phi) is 16.8. The van der Waals surface area contributed by atoms with E-state index in [1.54, 1.807) is 29.5 Å². The van der Waals surface area contributed by atoms with Gasteiger partial charge >= 0.3 is 0 Å². The molecule has 15 nitrogen and oxygen atoms in total. The summed E-state index contributed by atoms with van der Waals surface area (Å²) in [5.74, 6) is 0.189. The number of aromatic hydroxyl groups is 1. The number of phenols is 1. The van der Waals surface area contributed by atoms with E-state index in [0.717, 1.165) is 97.5 Å². The van der Waals surface area contributed by atoms with Crippen LogP contribution in [0, 0.1) is 18.3 Å². The molecule has 0 aliphatic carbocycles. The number of nitrogens with two attached hydrogens (primary N) is 1. The highest BCUT2D eigenvalue weighted by Crippen LogP contribution is 2.33. The number of para-hydroxylation sites is 1. The quantitative estimate of drug-likeness (QED) is 0.0488. The molecule has 5 heterocycles. The number of carbonyl (C=O) groups is 3. The third-order valence-corrected chi connectivity index (χ3v) is 14.2. The molecule has 0 radical (unpaired) electrons. The Morgan fingerprint density at radius 2 is 1.64 bits per heavy atom. The van der Waals surface area contributed by atoms with Gasteiger partial charge in [0.25, 0.3) is 0 Å². The van der Waals surface area contributed by atoms with Gasteiger partial charge in [-0.2, -0.15) is 5.10 Å². The van der Waals surface area contributed by atoms with Gasteiger partial charge in [0, 0.05) is 55.4 Å². The number of rotatable bonds is 20. The molecule has 2 aliphatic rings. The van der Waals surface area contributed by atoms with E-state index in [-0.39, 0.29) is 36.4 Å². The maximum atomic E-state index is 14.0. The number of nitrogens with zero attached hydrogens (tertiary/aromatic N) is 7. The minimum atomic E-state index is -0.831. The second kappa shape index (κ2) is 22.9. The molecule has 16 heteroatoms. The van der Waals surface area contributed by atoms with Gasteiger partial charge in [-0.25, -0.2) is 4.98 Å². The van der Waals surface area contributed by atoms with E-state index >= 15 is 0 Å². The number of piperidine rings is 1. The predicted molar refractivity (Wildman–Crippen MR) is 263 cm³/mol. The highest BCUT2D eigenvalue weighted by atomic mass is 32.1. The molecule has 2 fully saturated rings. The summed E-state index contributed by atoms with van der Waals surface area (Å²) in [6.45, 7) is 12.2. The Labute approximate surface area is 398 Å². The molecule has 3 atom stereocenters. The first-order chi connectivity index (χ1) is 32.2. The number of likely N-dealkylation sites (tertiary alicyclic amines) is 2. The second-order valence-electron chi connectivity index (χ2n) is 19.5. The fraction of sp³-hybridized carbons (Fsp3) is 0.510. The Morgan fingerprint density at radius 1 is 0.925 bits per heavy atom. The van der Waals surface area contributed by atoms with Gasteiger partial charge in [-0.3, -0.25) is 19.1 Å². The number of amides is 3. The normalized spacial score (nSPS) is 17.4. The summed E-state index contributed by atoms with van der Waals surface area (Å²) in [5.41, 5.74) is 13.2. The average Bonchev–Trinajstić information content (AvgIpc) is 4.07. The molecule has 0 saturated carbocycles. The van der Waals surface area contributed by atoms with Gasteiger partial charge in [0.05, 0.1) is 34.1 Å². The van der Waals surface area contributed by atoms with Crippen LogP contribution >= 0.6 is 11.3 Å². The molecule has 0 spiro atoms. The Bertz CT molecular complexity index is 2420. The molecule has 6 N–H and O–H groups in total. The SMILES string of the molecule is Cc1ncsc1-c1ccc(CNC(=O)[C@@H]2C[C@@H](O)CN2C(=O)[C@@H](NC(=O)CCCCCCCCCN2CCC(Cn3cc(-c4cc(-c5ccccc5O)nnc4N)cn3)CC2)C(C)(C)C)cc1. The van der Waals surface area contributed by atoms with Crippen LogP contribution in [0.15, 0.2) is 72.5 Å². The van der Waals surface area contributed by atoms with Gasteiger partial charge in [0.2, 0.25) is 17.7 Å². The number of hydrogen-bond donors (Lipinski definition) is 5. The van der Waals surface area contributed by atoms with Gasteiger partial charge < -0.3 is 36.4 Å². The van der Waals surface area contributed by atoms with Gasteiger partial charge in [-0.05, 0) is 92.9 Å². The third-order valence-electron chi connectivity index (χ3n) is 13.2. The number of phenolic OH excluding ortho intramolecular Hbond substituents is 1. The topological polar surface area (TPSA) is 205 Å². The van der Waals surface area contributed by atoms with Gasteiger partial charge in [-0.1, -0.05) is 89.3 Å². The number of aliphatic hydroxyl groups is 1. The van der Waals surface area contributed by atoms with Crippen molar-refractivity contribution in [2.75, 3.05) is 31.9 Å². The Morgan fingerprint density at radius 3 is 2.34 bits per heavy atom. The van der Waals surface area contributed by atoms with E-state index in [0.29, 0.717) is 36.0 Å². The van der Waals surface area contributed by atoms with Crippen LogP contribution in [0.5, 0.6) is 5.75 Å². The number of thiazole rings is 1.